The summed E-state index contributed by atoms with van der Waals surface area (Å²) in [5.74, 6) is 0.0871. The highest BCUT2D eigenvalue weighted by molar-refractivity contribution is 7.13. The molecule has 8 heteroatoms. The molecular weight excluding hydrogens is 490 g/mol. The predicted octanol–water partition coefficient (Wildman–Crippen LogP) is 4.64. The van der Waals surface area contributed by atoms with Crippen LogP contribution >= 0.6 is 11.3 Å². The highest BCUT2D eigenvalue weighted by atomic mass is 32.1. The smallest absolute Gasteiger partial charge is 0.348 e. The van der Waals surface area contributed by atoms with Gasteiger partial charge < -0.3 is 25.2 Å². The van der Waals surface area contributed by atoms with Crippen molar-refractivity contribution in [3.63, 3.8) is 0 Å². The molecule has 2 fully saturated rings. The molecule has 2 heterocycles. The van der Waals surface area contributed by atoms with E-state index >= 15 is 0 Å². The largest absolute Gasteiger partial charge is 0.462 e. The first kappa shape index (κ1) is 30.5. The molecule has 1 aromatic heterocycles. The van der Waals surface area contributed by atoms with Gasteiger partial charge in [-0.15, -0.1) is 11.3 Å². The fourth-order valence-electron chi connectivity index (χ4n) is 6.12. The molecule has 0 amide bonds. The number of likely N-dealkylation sites (tertiary alicyclic amines) is 1. The van der Waals surface area contributed by atoms with Crippen LogP contribution in [0.5, 0.6) is 0 Å². The summed E-state index contributed by atoms with van der Waals surface area (Å²) in [5, 5.41) is 39.5. The minimum atomic E-state index is -0.757. The van der Waals surface area contributed by atoms with Crippen LogP contribution in [0.4, 0.5) is 0 Å². The van der Waals surface area contributed by atoms with Crippen molar-refractivity contribution in [2.75, 3.05) is 13.2 Å². The summed E-state index contributed by atoms with van der Waals surface area (Å²) in [4.78, 5) is 16.4. The Morgan fingerprint density at radius 3 is 2.57 bits per heavy atom. The van der Waals surface area contributed by atoms with Crippen molar-refractivity contribution in [2.24, 2.45) is 5.92 Å². The lowest BCUT2D eigenvalue weighted by Crippen LogP contribution is -2.46. The molecule has 0 bridgehead atoms. The van der Waals surface area contributed by atoms with Crippen LogP contribution < -0.4 is 0 Å². The summed E-state index contributed by atoms with van der Waals surface area (Å²) in [7, 11) is 0. The minimum absolute atomic E-state index is 0.168. The summed E-state index contributed by atoms with van der Waals surface area (Å²) in [6.07, 6.45) is 13.2. The lowest BCUT2D eigenvalue weighted by atomic mass is 9.80. The first-order valence-electron chi connectivity index (χ1n) is 14.6. The number of aryl methyl sites for hydroxylation is 1. The van der Waals surface area contributed by atoms with Crippen LogP contribution in [-0.4, -0.2) is 75.0 Å². The average Bonchev–Trinajstić information content (AvgIpc) is 3.53. The second-order valence-corrected chi connectivity index (χ2v) is 12.2. The Bertz CT molecular complexity index is 780. The van der Waals surface area contributed by atoms with Crippen molar-refractivity contribution < 1.29 is 30.0 Å². The number of rotatable bonds is 16. The Morgan fingerprint density at radius 2 is 1.84 bits per heavy atom. The number of aliphatic hydroxyl groups is 4. The van der Waals surface area contributed by atoms with Crippen LogP contribution in [0, 0.1) is 5.92 Å². The van der Waals surface area contributed by atoms with Crippen molar-refractivity contribution in [1.82, 2.24) is 4.90 Å². The van der Waals surface area contributed by atoms with Gasteiger partial charge in [0.1, 0.15) is 11.1 Å². The maximum atomic E-state index is 12.3. The van der Waals surface area contributed by atoms with Gasteiger partial charge in [0, 0.05) is 17.0 Å². The van der Waals surface area contributed by atoms with Crippen LogP contribution in [-0.2, 0) is 11.2 Å². The summed E-state index contributed by atoms with van der Waals surface area (Å²) in [6.45, 7) is 2.16. The number of ether oxygens (including phenoxy) is 1. The topological polar surface area (TPSA) is 110 Å². The van der Waals surface area contributed by atoms with E-state index in [-0.39, 0.29) is 31.5 Å². The Morgan fingerprint density at radius 1 is 1.05 bits per heavy atom. The quantitative estimate of drug-likeness (QED) is 0.179. The average molecular weight is 540 g/mol. The fourth-order valence-corrected chi connectivity index (χ4v) is 7.06. The number of esters is 1. The van der Waals surface area contributed by atoms with Crippen molar-refractivity contribution in [1.29, 1.82) is 0 Å². The van der Waals surface area contributed by atoms with E-state index in [1.165, 1.54) is 29.1 Å². The lowest BCUT2D eigenvalue weighted by molar-refractivity contribution is -0.0379. The van der Waals surface area contributed by atoms with Gasteiger partial charge in [-0.05, 0) is 95.1 Å². The zero-order valence-electron chi connectivity index (χ0n) is 22.6. The minimum Gasteiger partial charge on any atom is -0.462 e. The van der Waals surface area contributed by atoms with E-state index in [9.17, 15) is 20.1 Å². The van der Waals surface area contributed by atoms with E-state index in [0.717, 1.165) is 70.6 Å². The van der Waals surface area contributed by atoms with Gasteiger partial charge >= 0.3 is 5.97 Å². The number of aliphatic hydroxyl groups excluding tert-OH is 4. The van der Waals surface area contributed by atoms with Gasteiger partial charge in [-0.2, -0.15) is 0 Å². The highest BCUT2D eigenvalue weighted by Gasteiger charge is 2.39. The summed E-state index contributed by atoms with van der Waals surface area (Å²) in [6, 6.07) is 4.66. The maximum Gasteiger partial charge on any atom is 0.348 e. The molecule has 4 atom stereocenters. The van der Waals surface area contributed by atoms with Crippen LogP contribution in [0.25, 0.3) is 0 Å². The Labute approximate surface area is 226 Å². The lowest BCUT2D eigenvalue weighted by Gasteiger charge is -2.40. The Balaban J connectivity index is 1.38. The molecule has 0 aromatic carbocycles. The fraction of sp³-hybridized carbons (Fsp3) is 0.828. The van der Waals surface area contributed by atoms with Crippen molar-refractivity contribution in [3.8, 4) is 0 Å². The monoisotopic (exact) mass is 539 g/mol. The van der Waals surface area contributed by atoms with E-state index in [4.69, 9.17) is 9.84 Å². The van der Waals surface area contributed by atoms with E-state index in [0.29, 0.717) is 35.7 Å². The molecule has 3 rings (SSSR count). The Hall–Kier alpha value is -1.03. The molecule has 7 nitrogen and oxygen atoms in total. The zero-order valence-corrected chi connectivity index (χ0v) is 23.4. The zero-order chi connectivity index (χ0) is 26.6. The number of carbonyl (C=O) groups excluding carboxylic acids is 1. The van der Waals surface area contributed by atoms with Crippen LogP contribution in [0.1, 0.15) is 111 Å². The van der Waals surface area contributed by atoms with Gasteiger partial charge in [-0.25, -0.2) is 4.79 Å². The summed E-state index contributed by atoms with van der Waals surface area (Å²) < 4.78 is 5.29. The molecule has 0 radical (unpaired) electrons. The molecule has 1 aliphatic heterocycles. The molecular formula is C29H49NO6S. The molecule has 1 saturated carbocycles. The predicted molar refractivity (Wildman–Crippen MR) is 147 cm³/mol. The number of thiophene rings is 1. The number of unbranched alkanes of at least 4 members (excludes halogenated alkanes) is 2. The summed E-state index contributed by atoms with van der Waals surface area (Å²) in [5.41, 5.74) is 0. The normalized spacial score (nSPS) is 26.3. The van der Waals surface area contributed by atoms with E-state index in [1.54, 1.807) is 0 Å². The number of hydrogen-bond acceptors (Lipinski definition) is 8. The third-order valence-corrected chi connectivity index (χ3v) is 9.41. The molecule has 212 valence electrons. The molecule has 1 saturated heterocycles. The van der Waals surface area contributed by atoms with Crippen molar-refractivity contribution in [3.05, 3.63) is 21.9 Å². The standard InChI is InChI=1S/C29H49NO6S/c1-2-3-4-10-26(33)21-11-13-23(14-12-21)30-22(15-18-28(30)34)7-5-9-25-16-17-27(37-25)29(35)36-19-6-8-24(32)20-31/h16-17,21-24,26,28,31-34H,2-15,18-20H2,1H3/t21?,22-,23?,24+,26-,28-/m0/s1. The molecule has 0 spiro atoms. The van der Waals surface area contributed by atoms with Gasteiger partial charge in [-0.3, -0.25) is 4.90 Å². The second-order valence-electron chi connectivity index (χ2n) is 11.1. The third kappa shape index (κ3) is 9.59. The number of hydrogen-bond donors (Lipinski definition) is 4. The maximum absolute atomic E-state index is 12.3. The second kappa shape index (κ2) is 16.2. The van der Waals surface area contributed by atoms with Crippen LogP contribution in [0.15, 0.2) is 12.1 Å². The Kier molecular flexibility index (Phi) is 13.3. The van der Waals surface area contributed by atoms with E-state index in [2.05, 4.69) is 11.8 Å². The van der Waals surface area contributed by atoms with Gasteiger partial charge in [0.05, 0.1) is 25.4 Å². The first-order chi connectivity index (χ1) is 17.9. The molecule has 0 unspecified atom stereocenters. The molecule has 4 N–H and O–H groups in total. The van der Waals surface area contributed by atoms with Gasteiger partial charge in [0.25, 0.3) is 0 Å². The van der Waals surface area contributed by atoms with Gasteiger partial charge in [-0.1, -0.05) is 26.2 Å². The molecule has 2 aliphatic rings. The molecule has 1 aromatic rings. The molecule has 37 heavy (non-hydrogen) atoms. The van der Waals surface area contributed by atoms with E-state index < -0.39 is 6.10 Å². The van der Waals surface area contributed by atoms with E-state index in [1.807, 2.05) is 12.1 Å². The third-order valence-electron chi connectivity index (χ3n) is 8.28. The van der Waals surface area contributed by atoms with Gasteiger partial charge in [0.2, 0.25) is 0 Å². The highest BCUT2D eigenvalue weighted by Crippen LogP contribution is 2.37. The molecule has 1 aliphatic carbocycles. The SMILES string of the molecule is CCCCC[C@H](O)C1CCC(N2[C@@H](CCCc3ccc(C(=O)OCCC[C@@H](O)CO)s3)CC[C@@H]2O)CC1. The first-order valence-corrected chi connectivity index (χ1v) is 15.4. The summed E-state index contributed by atoms with van der Waals surface area (Å²) >= 11 is 1.48. The number of nitrogens with zero attached hydrogens (tertiary/aromatic N) is 1. The van der Waals surface area contributed by atoms with Crippen LogP contribution in [0.2, 0.25) is 0 Å². The number of carbonyl (C=O) groups is 1. The van der Waals surface area contributed by atoms with Gasteiger partial charge in [0.15, 0.2) is 0 Å². The van der Waals surface area contributed by atoms with Crippen LogP contribution in [0.3, 0.4) is 0 Å². The van der Waals surface area contributed by atoms with Crippen molar-refractivity contribution >= 4 is 17.3 Å². The van der Waals surface area contributed by atoms with Crippen molar-refractivity contribution in [2.45, 2.75) is 134 Å².